The van der Waals surface area contributed by atoms with Gasteiger partial charge in [-0.3, -0.25) is 4.79 Å². The molecule has 0 aromatic heterocycles. The van der Waals surface area contributed by atoms with Crippen LogP contribution in [0, 0.1) is 0 Å². The molecule has 7 N–H and O–H groups in total. The summed E-state index contributed by atoms with van der Waals surface area (Å²) in [7, 11) is 0. The number of rotatable bonds is 2. The molecule has 0 atom stereocenters. The number of hydrazone groups is 1. The first-order chi connectivity index (χ1) is 6.61. The Morgan fingerprint density at radius 3 is 2.64 bits per heavy atom. The molecule has 1 amide bonds. The summed E-state index contributed by atoms with van der Waals surface area (Å²) in [5.74, 6) is -0.566. The molecular formula is C7H12N6O. The average Bonchev–Trinajstić information content (AvgIpc) is 2.15. The van der Waals surface area contributed by atoms with Gasteiger partial charge in [-0.05, 0) is 12.5 Å². The van der Waals surface area contributed by atoms with Gasteiger partial charge in [-0.15, -0.1) is 5.10 Å². The zero-order chi connectivity index (χ0) is 10.6. The summed E-state index contributed by atoms with van der Waals surface area (Å²) in [5.41, 5.74) is 19.0. The summed E-state index contributed by atoms with van der Waals surface area (Å²) in [6.07, 6.45) is 3.18. The molecule has 0 radical (unpaired) electrons. The molecule has 0 spiro atoms. The van der Waals surface area contributed by atoms with Gasteiger partial charge in [0, 0.05) is 12.4 Å². The summed E-state index contributed by atoms with van der Waals surface area (Å²) < 4.78 is 0. The number of hydrogen-bond donors (Lipinski definition) is 5. The second-order valence-corrected chi connectivity index (χ2v) is 2.65. The van der Waals surface area contributed by atoms with E-state index in [1.54, 1.807) is 13.1 Å². The van der Waals surface area contributed by atoms with E-state index in [0.29, 0.717) is 5.57 Å². The molecule has 0 unspecified atom stereocenters. The Labute approximate surface area is 80.9 Å². The van der Waals surface area contributed by atoms with E-state index >= 15 is 0 Å². The first-order valence-electron chi connectivity index (χ1n) is 3.88. The third-order valence-corrected chi connectivity index (χ3v) is 1.54. The molecule has 14 heavy (non-hydrogen) atoms. The minimum Gasteiger partial charge on any atom is -0.369 e. The van der Waals surface area contributed by atoms with Crippen LogP contribution in [0.5, 0.6) is 0 Å². The molecule has 0 saturated carbocycles. The van der Waals surface area contributed by atoms with E-state index in [-0.39, 0.29) is 11.9 Å². The smallest absolute Gasteiger partial charge is 0.273 e. The fourth-order valence-electron chi connectivity index (χ4n) is 0.876. The summed E-state index contributed by atoms with van der Waals surface area (Å²) in [6.45, 7) is 1.79. The average molecular weight is 196 g/mol. The van der Waals surface area contributed by atoms with Crippen molar-refractivity contribution < 1.29 is 4.79 Å². The SMILES string of the molecule is CC1=CNNC=C1C(=O)NN=C(N)N. The second-order valence-electron chi connectivity index (χ2n) is 2.65. The van der Waals surface area contributed by atoms with Crippen molar-refractivity contribution >= 4 is 11.9 Å². The number of hydrogen-bond acceptors (Lipinski definition) is 4. The van der Waals surface area contributed by atoms with Gasteiger partial charge in [0.2, 0.25) is 5.96 Å². The zero-order valence-electron chi connectivity index (χ0n) is 7.66. The predicted octanol–water partition coefficient (Wildman–Crippen LogP) is -1.81. The van der Waals surface area contributed by atoms with Gasteiger partial charge in [0.15, 0.2) is 0 Å². The lowest BCUT2D eigenvalue weighted by Crippen LogP contribution is -2.33. The molecular weight excluding hydrogens is 184 g/mol. The highest BCUT2D eigenvalue weighted by atomic mass is 16.2. The van der Waals surface area contributed by atoms with Crippen molar-refractivity contribution in [3.8, 4) is 0 Å². The van der Waals surface area contributed by atoms with Crippen LogP contribution in [0.2, 0.25) is 0 Å². The van der Waals surface area contributed by atoms with E-state index in [9.17, 15) is 4.79 Å². The van der Waals surface area contributed by atoms with Gasteiger partial charge in [-0.1, -0.05) is 0 Å². The van der Waals surface area contributed by atoms with Crippen molar-refractivity contribution in [1.29, 1.82) is 0 Å². The number of nitrogens with zero attached hydrogens (tertiary/aromatic N) is 1. The summed E-state index contributed by atoms with van der Waals surface area (Å²) in [4.78, 5) is 11.4. The molecule has 0 aromatic carbocycles. The highest BCUT2D eigenvalue weighted by Gasteiger charge is 2.12. The van der Waals surface area contributed by atoms with Crippen molar-refractivity contribution in [3.05, 3.63) is 23.5 Å². The maximum Gasteiger partial charge on any atom is 0.273 e. The molecule has 0 bridgehead atoms. The molecule has 1 aliphatic heterocycles. The molecule has 76 valence electrons. The number of hydrazine groups is 1. The maximum absolute atomic E-state index is 11.4. The highest BCUT2D eigenvalue weighted by Crippen LogP contribution is 2.08. The number of nitrogens with one attached hydrogen (secondary N) is 3. The monoisotopic (exact) mass is 196 g/mol. The molecule has 7 heteroatoms. The van der Waals surface area contributed by atoms with Crippen molar-refractivity contribution in [1.82, 2.24) is 16.3 Å². The Balaban J connectivity index is 2.66. The molecule has 0 aliphatic carbocycles. The molecule has 7 nitrogen and oxygen atoms in total. The highest BCUT2D eigenvalue weighted by molar-refractivity contribution is 5.98. The summed E-state index contributed by atoms with van der Waals surface area (Å²) in [5, 5.41) is 3.39. The van der Waals surface area contributed by atoms with Gasteiger partial charge in [-0.25, -0.2) is 5.43 Å². The molecule has 1 aliphatic rings. The van der Waals surface area contributed by atoms with Crippen LogP contribution in [0.25, 0.3) is 0 Å². The molecule has 0 aromatic rings. The lowest BCUT2D eigenvalue weighted by atomic mass is 10.1. The summed E-state index contributed by atoms with van der Waals surface area (Å²) >= 11 is 0. The number of nitrogens with two attached hydrogens (primary N) is 2. The Morgan fingerprint density at radius 1 is 1.43 bits per heavy atom. The van der Waals surface area contributed by atoms with E-state index in [0.717, 1.165) is 5.57 Å². The number of guanidine groups is 1. The van der Waals surface area contributed by atoms with Crippen LogP contribution in [-0.4, -0.2) is 11.9 Å². The van der Waals surface area contributed by atoms with Gasteiger partial charge >= 0.3 is 0 Å². The molecule has 0 saturated heterocycles. The van der Waals surface area contributed by atoms with E-state index in [1.165, 1.54) is 6.20 Å². The van der Waals surface area contributed by atoms with E-state index < -0.39 is 0 Å². The third-order valence-electron chi connectivity index (χ3n) is 1.54. The first-order valence-corrected chi connectivity index (χ1v) is 3.88. The zero-order valence-corrected chi connectivity index (χ0v) is 7.66. The largest absolute Gasteiger partial charge is 0.369 e. The Bertz CT molecular complexity index is 325. The number of amides is 1. The topological polar surface area (TPSA) is 118 Å². The van der Waals surface area contributed by atoms with Gasteiger partial charge in [-0.2, -0.15) is 0 Å². The van der Waals surface area contributed by atoms with Crippen LogP contribution in [0.4, 0.5) is 0 Å². The van der Waals surface area contributed by atoms with Crippen LogP contribution >= 0.6 is 0 Å². The fourth-order valence-corrected chi connectivity index (χ4v) is 0.876. The lowest BCUT2D eigenvalue weighted by molar-refractivity contribution is -0.117. The maximum atomic E-state index is 11.4. The molecule has 1 heterocycles. The van der Waals surface area contributed by atoms with E-state index in [2.05, 4.69) is 21.4 Å². The van der Waals surface area contributed by atoms with Crippen LogP contribution in [0.15, 0.2) is 28.6 Å². The second kappa shape index (κ2) is 4.17. The molecule has 0 fully saturated rings. The number of carbonyl (C=O) groups is 1. The normalized spacial score (nSPS) is 14.1. The van der Waals surface area contributed by atoms with Crippen LogP contribution in [0.1, 0.15) is 6.92 Å². The third kappa shape index (κ3) is 2.41. The first kappa shape index (κ1) is 9.90. The van der Waals surface area contributed by atoms with Crippen LogP contribution in [0.3, 0.4) is 0 Å². The fraction of sp³-hybridized carbons (Fsp3) is 0.143. The van der Waals surface area contributed by atoms with Gasteiger partial charge in [0.05, 0.1) is 5.57 Å². The molecule has 1 rings (SSSR count). The Morgan fingerprint density at radius 2 is 2.07 bits per heavy atom. The van der Waals surface area contributed by atoms with Gasteiger partial charge in [0.25, 0.3) is 5.91 Å². The van der Waals surface area contributed by atoms with Crippen LogP contribution < -0.4 is 27.7 Å². The Kier molecular flexibility index (Phi) is 2.95. The Hall–Kier alpha value is -2.18. The standard InChI is InChI=1S/C7H12N6O/c1-4-2-10-11-3-5(4)6(14)12-13-7(8)9/h2-3,10-11H,1H3,(H,12,14)(H4,8,9,13). The van der Waals surface area contributed by atoms with Crippen molar-refractivity contribution in [2.75, 3.05) is 0 Å². The lowest BCUT2D eigenvalue weighted by Gasteiger charge is -2.13. The van der Waals surface area contributed by atoms with Crippen LogP contribution in [-0.2, 0) is 4.79 Å². The van der Waals surface area contributed by atoms with E-state index in [1.807, 2.05) is 0 Å². The summed E-state index contributed by atoms with van der Waals surface area (Å²) in [6, 6.07) is 0. The number of carbonyl (C=O) groups excluding carboxylic acids is 1. The minimum atomic E-state index is -0.374. The van der Waals surface area contributed by atoms with Gasteiger partial charge in [0.1, 0.15) is 0 Å². The van der Waals surface area contributed by atoms with Crippen molar-refractivity contribution in [2.24, 2.45) is 16.6 Å². The van der Waals surface area contributed by atoms with Gasteiger partial charge < -0.3 is 22.3 Å². The van der Waals surface area contributed by atoms with Crippen molar-refractivity contribution in [3.63, 3.8) is 0 Å². The predicted molar refractivity (Wildman–Crippen MR) is 52.1 cm³/mol. The quantitative estimate of drug-likeness (QED) is 0.203. The minimum absolute atomic E-state index is 0.192. The van der Waals surface area contributed by atoms with E-state index in [4.69, 9.17) is 11.5 Å². The van der Waals surface area contributed by atoms with Crippen molar-refractivity contribution in [2.45, 2.75) is 6.92 Å².